The van der Waals surface area contributed by atoms with Gasteiger partial charge in [0, 0.05) is 23.9 Å². The summed E-state index contributed by atoms with van der Waals surface area (Å²) in [4.78, 5) is 26.5. The SMILES string of the molecule is O=C(CN(Cc1cc(F)cc(F)c1)C(=O)c1ccc(OC(F)(F)F)cc1)Nc1ccc(F)c(Cl)c1. The van der Waals surface area contributed by atoms with Gasteiger partial charge in [-0.1, -0.05) is 11.6 Å². The quantitative estimate of drug-likeness (QED) is 0.396. The summed E-state index contributed by atoms with van der Waals surface area (Å²) >= 11 is 5.68. The molecule has 0 atom stereocenters. The molecule has 0 aliphatic heterocycles. The molecule has 0 spiro atoms. The molecule has 3 aromatic rings. The lowest BCUT2D eigenvalue weighted by Gasteiger charge is -2.23. The van der Waals surface area contributed by atoms with Crippen LogP contribution in [0.3, 0.4) is 0 Å². The fourth-order valence-electron chi connectivity index (χ4n) is 3.05. The molecule has 35 heavy (non-hydrogen) atoms. The highest BCUT2D eigenvalue weighted by atomic mass is 35.5. The van der Waals surface area contributed by atoms with Crippen molar-refractivity contribution in [1.29, 1.82) is 0 Å². The Morgan fingerprint density at radius 1 is 0.914 bits per heavy atom. The van der Waals surface area contributed by atoms with E-state index in [2.05, 4.69) is 10.1 Å². The Labute approximate surface area is 199 Å². The molecule has 3 rings (SSSR count). The number of amides is 2. The monoisotopic (exact) mass is 516 g/mol. The molecule has 3 aromatic carbocycles. The predicted octanol–water partition coefficient (Wildman–Crippen LogP) is 5.94. The summed E-state index contributed by atoms with van der Waals surface area (Å²) in [6.07, 6.45) is -4.93. The Morgan fingerprint density at radius 2 is 1.54 bits per heavy atom. The number of halogens is 7. The normalized spacial score (nSPS) is 11.2. The van der Waals surface area contributed by atoms with E-state index in [1.54, 1.807) is 0 Å². The summed E-state index contributed by atoms with van der Waals surface area (Å²) in [6, 6.07) is 9.82. The van der Waals surface area contributed by atoms with E-state index in [-0.39, 0.29) is 21.8 Å². The number of benzene rings is 3. The number of hydrogen-bond donors (Lipinski definition) is 1. The summed E-state index contributed by atoms with van der Waals surface area (Å²) in [5, 5.41) is 2.16. The fraction of sp³-hybridized carbons (Fsp3) is 0.130. The van der Waals surface area contributed by atoms with Crippen molar-refractivity contribution in [2.75, 3.05) is 11.9 Å². The van der Waals surface area contributed by atoms with Gasteiger partial charge in [-0.15, -0.1) is 13.2 Å². The van der Waals surface area contributed by atoms with Crippen molar-refractivity contribution in [1.82, 2.24) is 4.90 Å². The van der Waals surface area contributed by atoms with Crippen molar-refractivity contribution in [3.05, 3.63) is 94.3 Å². The standard InChI is InChI=1S/C23H15ClF6N2O3/c24-19-10-17(3-6-20(19)27)31-21(33)12-32(11-13-7-15(25)9-16(26)8-13)22(34)14-1-4-18(5-2-14)35-23(28,29)30/h1-10H,11-12H2,(H,31,33). The fourth-order valence-corrected chi connectivity index (χ4v) is 3.23. The first-order chi connectivity index (χ1) is 16.4. The first-order valence-corrected chi connectivity index (χ1v) is 10.1. The first kappa shape index (κ1) is 25.9. The van der Waals surface area contributed by atoms with Crippen LogP contribution in [0, 0.1) is 17.5 Å². The van der Waals surface area contributed by atoms with Gasteiger partial charge in [-0.05, 0) is 60.2 Å². The Balaban J connectivity index is 1.83. The summed E-state index contributed by atoms with van der Waals surface area (Å²) < 4.78 is 81.5. The van der Waals surface area contributed by atoms with Crippen LogP contribution in [0.5, 0.6) is 5.75 Å². The number of hydrogen-bond acceptors (Lipinski definition) is 3. The zero-order valence-corrected chi connectivity index (χ0v) is 18.3. The largest absolute Gasteiger partial charge is 0.573 e. The number of ether oxygens (including phenoxy) is 1. The number of carbonyl (C=O) groups excluding carboxylic acids is 2. The summed E-state index contributed by atoms with van der Waals surface area (Å²) in [5.41, 5.74) is 0.0266. The van der Waals surface area contributed by atoms with E-state index >= 15 is 0 Å². The van der Waals surface area contributed by atoms with Crippen LogP contribution < -0.4 is 10.1 Å². The molecular formula is C23H15ClF6N2O3. The highest BCUT2D eigenvalue weighted by Gasteiger charge is 2.31. The van der Waals surface area contributed by atoms with Gasteiger partial charge in [0.05, 0.1) is 5.02 Å². The molecule has 184 valence electrons. The van der Waals surface area contributed by atoms with Gasteiger partial charge in [0.2, 0.25) is 5.91 Å². The molecule has 0 heterocycles. The van der Waals surface area contributed by atoms with E-state index in [0.717, 1.165) is 53.4 Å². The molecule has 0 fully saturated rings. The van der Waals surface area contributed by atoms with Crippen LogP contribution >= 0.6 is 11.6 Å². The molecular weight excluding hydrogens is 502 g/mol. The van der Waals surface area contributed by atoms with Gasteiger partial charge >= 0.3 is 6.36 Å². The Hall–Kier alpha value is -3.73. The maximum atomic E-state index is 13.6. The van der Waals surface area contributed by atoms with E-state index in [9.17, 15) is 35.9 Å². The third-order valence-corrected chi connectivity index (χ3v) is 4.75. The molecule has 0 unspecified atom stereocenters. The average Bonchev–Trinajstić information content (AvgIpc) is 2.74. The number of rotatable bonds is 7. The molecule has 0 saturated heterocycles. The molecule has 0 radical (unpaired) electrons. The minimum atomic E-state index is -4.93. The van der Waals surface area contributed by atoms with Crippen LogP contribution in [0.15, 0.2) is 60.7 Å². The topological polar surface area (TPSA) is 58.6 Å². The second-order valence-electron chi connectivity index (χ2n) is 7.19. The molecule has 0 aliphatic rings. The van der Waals surface area contributed by atoms with Gasteiger partial charge in [-0.2, -0.15) is 0 Å². The van der Waals surface area contributed by atoms with Crippen molar-refractivity contribution in [2.24, 2.45) is 0 Å². The number of anilines is 1. The van der Waals surface area contributed by atoms with Crippen molar-refractivity contribution in [2.45, 2.75) is 12.9 Å². The lowest BCUT2D eigenvalue weighted by atomic mass is 10.1. The second-order valence-corrected chi connectivity index (χ2v) is 7.60. The van der Waals surface area contributed by atoms with Gasteiger partial charge in [-0.3, -0.25) is 9.59 Å². The van der Waals surface area contributed by atoms with Crippen molar-refractivity contribution >= 4 is 29.1 Å². The highest BCUT2D eigenvalue weighted by Crippen LogP contribution is 2.24. The van der Waals surface area contributed by atoms with E-state index in [4.69, 9.17) is 11.6 Å². The van der Waals surface area contributed by atoms with Crippen LogP contribution in [0.25, 0.3) is 0 Å². The van der Waals surface area contributed by atoms with Crippen LogP contribution in [0.1, 0.15) is 15.9 Å². The van der Waals surface area contributed by atoms with Crippen LogP contribution in [-0.4, -0.2) is 29.6 Å². The smallest absolute Gasteiger partial charge is 0.406 e. The second kappa shape index (κ2) is 10.7. The van der Waals surface area contributed by atoms with E-state index in [0.29, 0.717) is 6.07 Å². The third kappa shape index (κ3) is 7.64. The van der Waals surface area contributed by atoms with E-state index in [1.165, 1.54) is 6.07 Å². The molecule has 0 aliphatic carbocycles. The van der Waals surface area contributed by atoms with Gasteiger partial charge in [0.15, 0.2) is 0 Å². The number of alkyl halides is 3. The van der Waals surface area contributed by atoms with Gasteiger partial charge in [0.25, 0.3) is 5.91 Å². The maximum Gasteiger partial charge on any atom is 0.573 e. The van der Waals surface area contributed by atoms with Gasteiger partial charge in [-0.25, -0.2) is 13.2 Å². The van der Waals surface area contributed by atoms with Crippen LogP contribution in [0.2, 0.25) is 5.02 Å². The van der Waals surface area contributed by atoms with E-state index < -0.39 is 54.5 Å². The Kier molecular flexibility index (Phi) is 7.90. The number of nitrogens with one attached hydrogen (secondary N) is 1. The van der Waals surface area contributed by atoms with Crippen molar-refractivity contribution < 1.29 is 40.7 Å². The average molecular weight is 517 g/mol. The molecule has 1 N–H and O–H groups in total. The first-order valence-electron chi connectivity index (χ1n) is 9.74. The highest BCUT2D eigenvalue weighted by molar-refractivity contribution is 6.31. The number of nitrogens with zero attached hydrogens (tertiary/aromatic N) is 1. The Morgan fingerprint density at radius 3 is 2.11 bits per heavy atom. The van der Waals surface area contributed by atoms with Crippen molar-refractivity contribution in [3.8, 4) is 5.75 Å². The molecule has 12 heteroatoms. The Bertz CT molecular complexity index is 1210. The third-order valence-electron chi connectivity index (χ3n) is 4.46. The molecule has 0 bridgehead atoms. The summed E-state index contributed by atoms with van der Waals surface area (Å²) in [6.45, 7) is -1.03. The van der Waals surface area contributed by atoms with Gasteiger partial charge in [0.1, 0.15) is 29.7 Å². The summed E-state index contributed by atoms with van der Waals surface area (Å²) in [5.74, 6) is -4.68. The molecule has 0 saturated carbocycles. The lowest BCUT2D eigenvalue weighted by molar-refractivity contribution is -0.274. The zero-order chi connectivity index (χ0) is 25.8. The zero-order valence-electron chi connectivity index (χ0n) is 17.5. The van der Waals surface area contributed by atoms with Crippen LogP contribution in [0.4, 0.5) is 32.0 Å². The van der Waals surface area contributed by atoms with E-state index in [1.807, 2.05) is 0 Å². The maximum absolute atomic E-state index is 13.6. The van der Waals surface area contributed by atoms with Gasteiger partial charge < -0.3 is 15.0 Å². The lowest BCUT2D eigenvalue weighted by Crippen LogP contribution is -2.37. The molecule has 2 amide bonds. The molecule has 5 nitrogen and oxygen atoms in total. The van der Waals surface area contributed by atoms with Crippen molar-refractivity contribution in [3.63, 3.8) is 0 Å². The minimum Gasteiger partial charge on any atom is -0.406 e. The summed E-state index contributed by atoms with van der Waals surface area (Å²) in [7, 11) is 0. The predicted molar refractivity (Wildman–Crippen MR) is 114 cm³/mol. The van der Waals surface area contributed by atoms with Crippen LogP contribution in [-0.2, 0) is 11.3 Å². The number of carbonyl (C=O) groups is 2. The minimum absolute atomic E-state index is 0.0190. The molecule has 0 aromatic heterocycles.